The maximum atomic E-state index is 6.07. The number of aliphatic imine (C=N–C) groups is 1. The third-order valence-electron chi connectivity index (χ3n) is 5.52. The topological polar surface area (TPSA) is 71.0 Å². The quantitative estimate of drug-likeness (QED) is 0.334. The van der Waals surface area contributed by atoms with E-state index in [1.165, 1.54) is 18.4 Å². The van der Waals surface area contributed by atoms with E-state index in [0.717, 1.165) is 68.0 Å². The molecule has 0 amide bonds. The molecule has 0 bridgehead atoms. The fraction of sp³-hybridized carbons (Fsp3) is 0.520. The van der Waals surface area contributed by atoms with Crippen LogP contribution in [0.2, 0.25) is 0 Å². The number of hydrogen-bond donors (Lipinski definition) is 2. The second kappa shape index (κ2) is 12.9. The van der Waals surface area contributed by atoms with E-state index in [1.807, 2.05) is 12.3 Å². The van der Waals surface area contributed by atoms with Crippen molar-refractivity contribution in [3.05, 3.63) is 53.2 Å². The number of pyridine rings is 1. The number of unbranched alkanes of at least 4 members (excludes halogenated alkanes) is 2. The lowest BCUT2D eigenvalue weighted by atomic mass is 10.1. The van der Waals surface area contributed by atoms with Crippen LogP contribution in [0.5, 0.6) is 5.75 Å². The van der Waals surface area contributed by atoms with Crippen LogP contribution in [0.3, 0.4) is 0 Å². The van der Waals surface area contributed by atoms with Crippen LogP contribution in [0.15, 0.2) is 41.5 Å². The lowest BCUT2D eigenvalue weighted by molar-refractivity contribution is 0.122. The monoisotopic (exact) mass is 439 g/mol. The number of aryl methyl sites for hydroxylation is 1. The molecular formula is C25H37N5O2. The van der Waals surface area contributed by atoms with Gasteiger partial charge >= 0.3 is 0 Å². The molecule has 0 unspecified atom stereocenters. The van der Waals surface area contributed by atoms with Gasteiger partial charge in [0, 0.05) is 50.6 Å². The summed E-state index contributed by atoms with van der Waals surface area (Å²) in [5.41, 5.74) is 3.48. The lowest BCUT2D eigenvalue weighted by Gasteiger charge is -2.29. The standard InChI is InChI=1S/C25H37N5O2/c1-4-5-6-14-32-23-17-20(2)9-10-21(23)18-28-25(26-3)29-19-22-8-7-11-27-24(22)30-12-15-31-16-13-30/h7-11,17H,4-6,12-16,18-19H2,1-3H3,(H2,26,28,29). The minimum absolute atomic E-state index is 0.645. The van der Waals surface area contributed by atoms with Gasteiger partial charge in [-0.05, 0) is 31.0 Å². The lowest BCUT2D eigenvalue weighted by Crippen LogP contribution is -2.39. The van der Waals surface area contributed by atoms with Gasteiger partial charge in [0.15, 0.2) is 5.96 Å². The Balaban J connectivity index is 1.57. The summed E-state index contributed by atoms with van der Waals surface area (Å²) >= 11 is 0. The van der Waals surface area contributed by atoms with E-state index in [-0.39, 0.29) is 0 Å². The molecule has 3 rings (SSSR count). The Hall–Kier alpha value is -2.80. The van der Waals surface area contributed by atoms with Gasteiger partial charge in [-0.3, -0.25) is 4.99 Å². The molecule has 1 fully saturated rings. The van der Waals surface area contributed by atoms with Crippen molar-refractivity contribution in [2.24, 2.45) is 4.99 Å². The molecule has 32 heavy (non-hydrogen) atoms. The molecule has 174 valence electrons. The Morgan fingerprint density at radius 2 is 1.91 bits per heavy atom. The number of ether oxygens (including phenoxy) is 2. The number of benzene rings is 1. The third kappa shape index (κ3) is 7.12. The molecule has 2 aromatic rings. The number of rotatable bonds is 10. The number of nitrogens with one attached hydrogen (secondary N) is 2. The normalized spacial score (nSPS) is 14.3. The molecule has 2 N–H and O–H groups in total. The van der Waals surface area contributed by atoms with Crippen molar-refractivity contribution in [2.75, 3.05) is 44.9 Å². The fourth-order valence-electron chi connectivity index (χ4n) is 3.68. The van der Waals surface area contributed by atoms with Gasteiger partial charge in [0.05, 0.1) is 19.8 Å². The molecule has 0 aliphatic carbocycles. The molecule has 0 radical (unpaired) electrons. The summed E-state index contributed by atoms with van der Waals surface area (Å²) in [6.45, 7) is 9.56. The molecule has 0 spiro atoms. The zero-order valence-electron chi connectivity index (χ0n) is 19.7. The van der Waals surface area contributed by atoms with Gasteiger partial charge in [-0.1, -0.05) is 38.0 Å². The van der Waals surface area contributed by atoms with Crippen molar-refractivity contribution >= 4 is 11.8 Å². The summed E-state index contributed by atoms with van der Waals surface area (Å²) in [7, 11) is 1.79. The Morgan fingerprint density at radius 1 is 1.12 bits per heavy atom. The first kappa shape index (κ1) is 23.9. The van der Waals surface area contributed by atoms with Gasteiger partial charge in [0.1, 0.15) is 11.6 Å². The van der Waals surface area contributed by atoms with Crippen molar-refractivity contribution in [3.8, 4) is 5.75 Å². The van der Waals surface area contributed by atoms with Gasteiger partial charge in [-0.25, -0.2) is 4.98 Å². The highest BCUT2D eigenvalue weighted by Gasteiger charge is 2.16. The first-order chi connectivity index (χ1) is 15.7. The van der Waals surface area contributed by atoms with Crippen molar-refractivity contribution < 1.29 is 9.47 Å². The summed E-state index contributed by atoms with van der Waals surface area (Å²) < 4.78 is 11.6. The largest absolute Gasteiger partial charge is 0.493 e. The van der Waals surface area contributed by atoms with Crippen LogP contribution in [-0.2, 0) is 17.8 Å². The minimum atomic E-state index is 0.645. The Bertz CT molecular complexity index is 865. The highest BCUT2D eigenvalue weighted by molar-refractivity contribution is 5.79. The third-order valence-corrected chi connectivity index (χ3v) is 5.52. The van der Waals surface area contributed by atoms with Crippen LogP contribution >= 0.6 is 0 Å². The predicted octanol–water partition coefficient (Wildman–Crippen LogP) is 3.66. The second-order valence-electron chi connectivity index (χ2n) is 8.03. The molecule has 1 aromatic carbocycles. The zero-order chi connectivity index (χ0) is 22.6. The minimum Gasteiger partial charge on any atom is -0.493 e. The highest BCUT2D eigenvalue weighted by atomic mass is 16.5. The van der Waals surface area contributed by atoms with E-state index < -0.39 is 0 Å². The van der Waals surface area contributed by atoms with Crippen LogP contribution in [0.4, 0.5) is 5.82 Å². The molecule has 0 atom stereocenters. The van der Waals surface area contributed by atoms with Crippen molar-refractivity contribution in [3.63, 3.8) is 0 Å². The van der Waals surface area contributed by atoms with E-state index in [9.17, 15) is 0 Å². The van der Waals surface area contributed by atoms with Gasteiger partial charge in [-0.2, -0.15) is 0 Å². The van der Waals surface area contributed by atoms with Crippen LogP contribution in [0.25, 0.3) is 0 Å². The van der Waals surface area contributed by atoms with E-state index in [2.05, 4.69) is 63.6 Å². The van der Waals surface area contributed by atoms with Crippen molar-refractivity contribution in [2.45, 2.75) is 46.2 Å². The van der Waals surface area contributed by atoms with Crippen LogP contribution in [-0.4, -0.2) is 50.9 Å². The van der Waals surface area contributed by atoms with Gasteiger partial charge in [0.2, 0.25) is 0 Å². The molecule has 1 aliphatic heterocycles. The number of hydrogen-bond acceptors (Lipinski definition) is 5. The number of nitrogens with zero attached hydrogens (tertiary/aromatic N) is 3. The van der Waals surface area contributed by atoms with Gasteiger partial charge < -0.3 is 25.0 Å². The molecule has 1 aromatic heterocycles. The van der Waals surface area contributed by atoms with Crippen molar-refractivity contribution in [1.29, 1.82) is 0 Å². The van der Waals surface area contributed by atoms with Gasteiger partial charge in [0.25, 0.3) is 0 Å². The summed E-state index contributed by atoms with van der Waals surface area (Å²) in [6.07, 6.45) is 5.31. The van der Waals surface area contributed by atoms with Crippen LogP contribution < -0.4 is 20.3 Å². The highest BCUT2D eigenvalue weighted by Crippen LogP contribution is 2.21. The average Bonchev–Trinajstić information content (AvgIpc) is 2.83. The zero-order valence-corrected chi connectivity index (χ0v) is 19.7. The van der Waals surface area contributed by atoms with E-state index in [4.69, 9.17) is 9.47 Å². The van der Waals surface area contributed by atoms with Crippen LogP contribution in [0.1, 0.15) is 42.9 Å². The second-order valence-corrected chi connectivity index (χ2v) is 8.03. The predicted molar refractivity (Wildman–Crippen MR) is 131 cm³/mol. The van der Waals surface area contributed by atoms with Crippen molar-refractivity contribution in [1.82, 2.24) is 15.6 Å². The maximum Gasteiger partial charge on any atom is 0.191 e. The molecule has 7 heteroatoms. The van der Waals surface area contributed by atoms with Crippen LogP contribution in [0, 0.1) is 6.92 Å². The Morgan fingerprint density at radius 3 is 2.66 bits per heavy atom. The van der Waals surface area contributed by atoms with E-state index in [0.29, 0.717) is 13.1 Å². The number of anilines is 1. The molecular weight excluding hydrogens is 402 g/mol. The Labute approximate surface area is 192 Å². The van der Waals surface area contributed by atoms with Gasteiger partial charge in [-0.15, -0.1) is 0 Å². The first-order valence-electron chi connectivity index (χ1n) is 11.6. The van der Waals surface area contributed by atoms with E-state index >= 15 is 0 Å². The summed E-state index contributed by atoms with van der Waals surface area (Å²) in [5, 5.41) is 6.85. The summed E-state index contributed by atoms with van der Waals surface area (Å²) in [5.74, 6) is 2.71. The SMILES string of the molecule is CCCCCOc1cc(C)ccc1CNC(=NC)NCc1cccnc1N1CCOCC1. The Kier molecular flexibility index (Phi) is 9.62. The number of morpholine rings is 1. The number of aromatic nitrogens is 1. The maximum absolute atomic E-state index is 6.07. The fourth-order valence-corrected chi connectivity index (χ4v) is 3.68. The average molecular weight is 440 g/mol. The molecule has 2 heterocycles. The molecule has 0 saturated carbocycles. The molecule has 1 aliphatic rings. The number of guanidine groups is 1. The first-order valence-corrected chi connectivity index (χ1v) is 11.6. The summed E-state index contributed by atoms with van der Waals surface area (Å²) in [4.78, 5) is 11.3. The smallest absolute Gasteiger partial charge is 0.191 e. The van der Waals surface area contributed by atoms with E-state index in [1.54, 1.807) is 7.05 Å². The summed E-state index contributed by atoms with van der Waals surface area (Å²) in [6, 6.07) is 10.5. The molecule has 7 nitrogen and oxygen atoms in total. The molecule has 1 saturated heterocycles.